The summed E-state index contributed by atoms with van der Waals surface area (Å²) in [6, 6.07) is 22.8. The number of likely N-dealkylation sites (tertiary alicyclic amines) is 2. The molecule has 0 radical (unpaired) electrons. The Labute approximate surface area is 483 Å². The maximum atomic E-state index is 14.4. The molecule has 21 heteroatoms. The van der Waals surface area contributed by atoms with E-state index < -0.39 is 18.1 Å². The van der Waals surface area contributed by atoms with E-state index in [-0.39, 0.29) is 60.8 Å². The molecule has 0 spiro atoms. The molecule has 2 aromatic carbocycles. The number of hydrogen-bond donors (Lipinski definition) is 4. The van der Waals surface area contributed by atoms with E-state index in [4.69, 9.17) is 19.7 Å². The number of β-amino-alcohol motifs (C(OH)–C–C–N with tert-alkyl or cyclic N) is 1. The average Bonchev–Trinajstić information content (AvgIpc) is 3.82. The van der Waals surface area contributed by atoms with Gasteiger partial charge in [0.2, 0.25) is 17.7 Å². The number of piperazine rings is 2. The number of ether oxygens (including phenoxy) is 2. The highest BCUT2D eigenvalue weighted by molar-refractivity contribution is 7.13. The van der Waals surface area contributed by atoms with E-state index in [1.807, 2.05) is 87.9 Å². The monoisotopic (exact) mass is 1140 g/mol. The summed E-state index contributed by atoms with van der Waals surface area (Å²) in [6.45, 7) is 17.0. The number of thiazole rings is 1. The minimum absolute atomic E-state index is 0.0816. The summed E-state index contributed by atoms with van der Waals surface area (Å²) in [7, 11) is 0. The zero-order valence-corrected chi connectivity index (χ0v) is 48.2. The number of rotatable bonds is 18. The molecule has 6 fully saturated rings. The molecule has 4 aromatic heterocycles. The van der Waals surface area contributed by atoms with E-state index >= 15 is 0 Å². The van der Waals surface area contributed by atoms with E-state index in [1.54, 1.807) is 23.5 Å². The Kier molecular flexibility index (Phi) is 16.4. The van der Waals surface area contributed by atoms with Gasteiger partial charge in [-0.25, -0.2) is 9.97 Å². The Bertz CT molecular complexity index is 3160. The minimum atomic E-state index is -0.805. The minimum Gasteiger partial charge on any atom is -0.507 e. The number of pyridine rings is 1. The molecule has 12 rings (SSSR count). The number of aliphatic hydroxyl groups is 1. The van der Waals surface area contributed by atoms with E-state index in [0.29, 0.717) is 46.6 Å². The van der Waals surface area contributed by atoms with Crippen molar-refractivity contribution in [1.82, 2.24) is 45.3 Å². The molecule has 1 aliphatic carbocycles. The molecule has 5 N–H and O–H groups in total. The van der Waals surface area contributed by atoms with Gasteiger partial charge in [-0.3, -0.25) is 14.5 Å². The van der Waals surface area contributed by atoms with E-state index in [9.17, 15) is 19.8 Å². The number of anilines is 4. The number of phenols is 1. The number of aromatic hydroxyl groups is 1. The number of aryl methyl sites for hydroxylation is 1. The van der Waals surface area contributed by atoms with Crippen LogP contribution in [0.4, 0.5) is 23.0 Å². The van der Waals surface area contributed by atoms with Crippen LogP contribution in [0.25, 0.3) is 21.7 Å². The smallest absolute Gasteiger partial charge is 0.243 e. The lowest BCUT2D eigenvalue weighted by Gasteiger charge is -2.43. The van der Waals surface area contributed by atoms with E-state index in [1.165, 1.54) is 4.90 Å². The quantitative estimate of drug-likeness (QED) is 0.0686. The number of hydrogen-bond acceptors (Lipinski definition) is 19. The van der Waals surface area contributed by atoms with Crippen molar-refractivity contribution < 1.29 is 33.8 Å². The number of aliphatic hydroxyl groups excluding tert-OH is 1. The van der Waals surface area contributed by atoms with Crippen LogP contribution in [0.1, 0.15) is 94.7 Å². The third-order valence-corrected chi connectivity index (χ3v) is 18.9. The molecule has 6 atom stereocenters. The maximum absolute atomic E-state index is 14.4. The van der Waals surface area contributed by atoms with Crippen molar-refractivity contribution in [2.75, 3.05) is 92.4 Å². The van der Waals surface area contributed by atoms with Gasteiger partial charge in [0.1, 0.15) is 23.8 Å². The van der Waals surface area contributed by atoms with Gasteiger partial charge in [-0.2, -0.15) is 0 Å². The maximum Gasteiger partial charge on any atom is 0.243 e. The van der Waals surface area contributed by atoms with Gasteiger partial charge in [0.25, 0.3) is 0 Å². The topological polar surface area (TPSA) is 228 Å². The van der Waals surface area contributed by atoms with Gasteiger partial charge in [-0.05, 0) is 80.8 Å². The number of nitrogen functional groups attached to an aromatic ring is 1. The number of carbonyl (C=O) groups excluding carboxylic acids is 2. The van der Waals surface area contributed by atoms with Crippen molar-refractivity contribution in [3.63, 3.8) is 0 Å². The normalized spacial score (nSPS) is 24.2. The van der Waals surface area contributed by atoms with Gasteiger partial charge >= 0.3 is 0 Å². The van der Waals surface area contributed by atoms with Crippen molar-refractivity contribution in [3.05, 3.63) is 102 Å². The van der Waals surface area contributed by atoms with Crippen LogP contribution in [-0.2, 0) is 14.3 Å². The number of nitrogens with zero attached hydrogens (tertiary/aromatic N) is 11. The Morgan fingerprint density at radius 3 is 2.26 bits per heavy atom. The Morgan fingerprint density at radius 2 is 1.55 bits per heavy atom. The molecule has 6 aliphatic rings. The molecule has 6 aromatic rings. The lowest BCUT2D eigenvalue weighted by Crippen LogP contribution is -2.54. The van der Waals surface area contributed by atoms with Gasteiger partial charge in [-0.1, -0.05) is 55.4 Å². The van der Waals surface area contributed by atoms with Gasteiger partial charge < -0.3 is 59.8 Å². The Hall–Kier alpha value is -6.91. The largest absolute Gasteiger partial charge is 0.507 e. The number of carbonyl (C=O) groups is 2. The SMILES string of the molecule is Cc1ncsc1-c1ccc([C@H](C)NC(=O)[C@@H]2C[C@@H](O)CN2C(=O)[C@@H](c2cc(N3CCN(CCN4CCC(O[C@H]5C[C@H](Oc6cc(N7C8CCC7CN(c7cc(-c9ccccc9O)nnc7N)C8)ccn6)C5)CC4)CC3)no2)C(C)C)cc1. The first-order valence-corrected chi connectivity index (χ1v) is 30.3. The predicted octanol–water partition coefficient (Wildman–Crippen LogP) is 6.90. The Morgan fingerprint density at radius 1 is 0.817 bits per heavy atom. The second-order valence-electron chi connectivity index (χ2n) is 23.7. The number of fused-ring (bicyclic) bond motifs is 2. The second kappa shape index (κ2) is 24.1. The molecule has 5 aliphatic heterocycles. The van der Waals surface area contributed by atoms with Gasteiger partial charge in [-0.15, -0.1) is 21.5 Å². The van der Waals surface area contributed by atoms with Gasteiger partial charge in [0.05, 0.1) is 51.8 Å². The first-order chi connectivity index (χ1) is 39.8. The van der Waals surface area contributed by atoms with Crippen molar-refractivity contribution in [2.45, 2.75) is 127 Å². The average molecular weight is 1140 g/mol. The number of piperidine rings is 1. The standard InChI is InChI=1S/C61H77N13O7S/c1-37(2)57(61(78)73-35-45(75)28-52(73)60(77)65-38(3)40-9-11-41(12-10-40)58-39(4)64-36-82-58)54-32-55(68-81-54)71-25-23-70(24-26-71)22-21-69-19-16-46(17-20-69)79-47-29-48(30-47)80-56-27-42(15-18-63-56)74-43-13-14-44(74)34-72(33-43)51-31-50(66-67-59(51)62)49-7-5-6-8-53(49)76/h5-12,15,18,27,31-32,36-38,43-48,52,57,75-76H,13-14,16-17,19-26,28-30,33-35H2,1-4H3,(H2,62,67)(H,65,77)/t38-,43?,44?,45+,47-,48-,52-,57+/m0/s1. The summed E-state index contributed by atoms with van der Waals surface area (Å²) < 4.78 is 19.0. The first kappa shape index (κ1) is 55.6. The number of para-hydroxylation sites is 1. The van der Waals surface area contributed by atoms with Crippen molar-refractivity contribution in [3.8, 4) is 33.3 Å². The molecule has 2 amide bonds. The fraction of sp³-hybridized carbons (Fsp3) is 0.525. The van der Waals surface area contributed by atoms with Gasteiger partial charge in [0.15, 0.2) is 17.4 Å². The Balaban J connectivity index is 0.553. The van der Waals surface area contributed by atoms with Crippen LogP contribution in [0, 0.1) is 12.8 Å². The summed E-state index contributed by atoms with van der Waals surface area (Å²) in [5.74, 6) is 1.09. The van der Waals surface area contributed by atoms with Crippen LogP contribution >= 0.6 is 11.3 Å². The van der Waals surface area contributed by atoms with Crippen LogP contribution in [0.3, 0.4) is 0 Å². The summed E-state index contributed by atoms with van der Waals surface area (Å²) in [5, 5.41) is 37.4. The fourth-order valence-electron chi connectivity index (χ4n) is 13.2. The molecule has 20 nitrogen and oxygen atoms in total. The molecular formula is C61H77N13O7S. The molecule has 2 bridgehead atoms. The van der Waals surface area contributed by atoms with Crippen molar-refractivity contribution >= 4 is 46.2 Å². The van der Waals surface area contributed by atoms with Crippen LogP contribution in [0.5, 0.6) is 11.6 Å². The number of aromatic nitrogens is 5. The zero-order valence-electron chi connectivity index (χ0n) is 47.4. The molecular weight excluding hydrogens is 1060 g/mol. The second-order valence-corrected chi connectivity index (χ2v) is 24.6. The zero-order chi connectivity index (χ0) is 56.6. The number of benzene rings is 2. The molecule has 1 saturated carbocycles. The summed E-state index contributed by atoms with van der Waals surface area (Å²) in [4.78, 5) is 52.0. The van der Waals surface area contributed by atoms with Crippen LogP contribution < -0.4 is 30.5 Å². The third-order valence-electron chi connectivity index (χ3n) is 17.9. The van der Waals surface area contributed by atoms with Gasteiger partial charge in [0, 0.05) is 133 Å². The lowest BCUT2D eigenvalue weighted by atomic mass is 9.91. The van der Waals surface area contributed by atoms with Crippen LogP contribution in [0.15, 0.2) is 89.0 Å². The predicted molar refractivity (Wildman–Crippen MR) is 315 cm³/mol. The number of nitrogens with two attached hydrogens (primary N) is 1. The molecule has 9 heterocycles. The molecule has 5 saturated heterocycles. The molecule has 434 valence electrons. The number of phenolic OH excluding ortho intramolecular Hbond substituents is 1. The lowest BCUT2D eigenvalue weighted by molar-refractivity contribution is -0.141. The molecule has 82 heavy (non-hydrogen) atoms. The number of amides is 2. The van der Waals surface area contributed by atoms with E-state index in [0.717, 1.165) is 137 Å². The van der Waals surface area contributed by atoms with Crippen LogP contribution in [-0.4, -0.2) is 177 Å². The summed E-state index contributed by atoms with van der Waals surface area (Å²) in [6.07, 6.45) is 7.74. The number of nitrogens with one attached hydrogen (secondary N) is 1. The first-order valence-electron chi connectivity index (χ1n) is 29.5. The molecule has 2 unspecified atom stereocenters. The van der Waals surface area contributed by atoms with E-state index in [2.05, 4.69) is 67.3 Å². The summed E-state index contributed by atoms with van der Waals surface area (Å²) >= 11 is 1.60. The van der Waals surface area contributed by atoms with Crippen molar-refractivity contribution in [2.24, 2.45) is 5.92 Å². The van der Waals surface area contributed by atoms with Crippen LogP contribution in [0.2, 0.25) is 0 Å². The highest BCUT2D eigenvalue weighted by Crippen LogP contribution is 2.41. The highest BCUT2D eigenvalue weighted by Gasteiger charge is 2.45. The fourth-order valence-corrected chi connectivity index (χ4v) is 14.0. The highest BCUT2D eigenvalue weighted by atomic mass is 32.1. The third kappa shape index (κ3) is 12.0. The summed E-state index contributed by atoms with van der Waals surface area (Å²) in [5.41, 5.74) is 14.5. The van der Waals surface area contributed by atoms with Crippen molar-refractivity contribution in [1.29, 1.82) is 0 Å².